The molecule has 102 valence electrons. The first-order valence-corrected chi connectivity index (χ1v) is 8.44. The minimum atomic E-state index is 0.673. The predicted molar refractivity (Wildman–Crippen MR) is 88.7 cm³/mol. The smallest absolute Gasteiger partial charge is 0.0511 e. The molecular weight excluding hydrogens is 354 g/mol. The third kappa shape index (κ3) is 4.93. The van der Waals surface area contributed by atoms with Crippen LogP contribution >= 0.6 is 31.9 Å². The standard InChI is InChI=1S/C15H23Br2N/c1-11(2)9-18(10-12(3)4)15-6-5-13(8-16)7-14(15)17/h5-7,11-12H,8-10H2,1-4H3. The second-order valence-electron chi connectivity index (χ2n) is 5.61. The molecule has 0 aromatic heterocycles. The Balaban J connectivity index is 2.96. The number of nitrogens with zero attached hydrogens (tertiary/aromatic N) is 1. The van der Waals surface area contributed by atoms with Crippen molar-refractivity contribution in [1.82, 2.24) is 0 Å². The molecule has 1 aromatic rings. The van der Waals surface area contributed by atoms with Crippen molar-refractivity contribution < 1.29 is 0 Å². The summed E-state index contributed by atoms with van der Waals surface area (Å²) in [5.41, 5.74) is 2.61. The summed E-state index contributed by atoms with van der Waals surface area (Å²) in [6.07, 6.45) is 0. The summed E-state index contributed by atoms with van der Waals surface area (Å²) in [7, 11) is 0. The third-order valence-corrected chi connectivity index (χ3v) is 3.96. The molecular formula is C15H23Br2N. The summed E-state index contributed by atoms with van der Waals surface area (Å²) >= 11 is 7.21. The van der Waals surface area contributed by atoms with Gasteiger partial charge in [-0.2, -0.15) is 0 Å². The van der Waals surface area contributed by atoms with Crippen LogP contribution in [0.25, 0.3) is 0 Å². The first-order valence-electron chi connectivity index (χ1n) is 6.53. The Labute approximate surface area is 128 Å². The molecule has 0 radical (unpaired) electrons. The Morgan fingerprint density at radius 3 is 2.00 bits per heavy atom. The highest BCUT2D eigenvalue weighted by molar-refractivity contribution is 9.10. The second kappa shape index (κ2) is 7.54. The number of hydrogen-bond donors (Lipinski definition) is 0. The fourth-order valence-corrected chi connectivity index (χ4v) is 3.07. The fraction of sp³-hybridized carbons (Fsp3) is 0.600. The monoisotopic (exact) mass is 375 g/mol. The molecule has 0 heterocycles. The zero-order valence-electron chi connectivity index (χ0n) is 11.7. The van der Waals surface area contributed by atoms with Crippen LogP contribution in [0.4, 0.5) is 5.69 Å². The van der Waals surface area contributed by atoms with Crippen LogP contribution in [0.2, 0.25) is 0 Å². The summed E-state index contributed by atoms with van der Waals surface area (Å²) in [5, 5.41) is 0.903. The van der Waals surface area contributed by atoms with Gasteiger partial charge in [0.15, 0.2) is 0 Å². The van der Waals surface area contributed by atoms with Crippen molar-refractivity contribution in [2.45, 2.75) is 33.0 Å². The lowest BCUT2D eigenvalue weighted by molar-refractivity contribution is 0.552. The molecule has 0 spiro atoms. The quantitative estimate of drug-likeness (QED) is 0.595. The van der Waals surface area contributed by atoms with E-state index < -0.39 is 0 Å². The zero-order chi connectivity index (χ0) is 13.7. The maximum absolute atomic E-state index is 3.71. The number of anilines is 1. The molecule has 0 fully saturated rings. The summed E-state index contributed by atoms with van der Waals surface area (Å²) in [5.74, 6) is 1.35. The van der Waals surface area contributed by atoms with Crippen molar-refractivity contribution in [2.24, 2.45) is 11.8 Å². The maximum Gasteiger partial charge on any atom is 0.0511 e. The van der Waals surface area contributed by atoms with E-state index in [0.29, 0.717) is 11.8 Å². The molecule has 0 atom stereocenters. The average molecular weight is 377 g/mol. The summed E-state index contributed by atoms with van der Waals surface area (Å²) in [4.78, 5) is 2.48. The zero-order valence-corrected chi connectivity index (χ0v) is 14.9. The number of benzene rings is 1. The largest absolute Gasteiger partial charge is 0.370 e. The Morgan fingerprint density at radius 2 is 1.61 bits per heavy atom. The van der Waals surface area contributed by atoms with Gasteiger partial charge >= 0.3 is 0 Å². The van der Waals surface area contributed by atoms with E-state index in [9.17, 15) is 0 Å². The van der Waals surface area contributed by atoms with Gasteiger partial charge in [0.05, 0.1) is 5.69 Å². The predicted octanol–water partition coefficient (Wildman–Crippen LogP) is 5.46. The number of hydrogen-bond acceptors (Lipinski definition) is 1. The van der Waals surface area contributed by atoms with Gasteiger partial charge in [0.1, 0.15) is 0 Å². The minimum absolute atomic E-state index is 0.673. The molecule has 0 N–H and O–H groups in total. The van der Waals surface area contributed by atoms with Crippen LogP contribution in [0.15, 0.2) is 22.7 Å². The minimum Gasteiger partial charge on any atom is -0.370 e. The van der Waals surface area contributed by atoms with Crippen molar-refractivity contribution in [3.63, 3.8) is 0 Å². The van der Waals surface area contributed by atoms with Gasteiger partial charge in [-0.15, -0.1) is 0 Å². The lowest BCUT2D eigenvalue weighted by Gasteiger charge is -2.29. The van der Waals surface area contributed by atoms with Crippen LogP contribution in [-0.4, -0.2) is 13.1 Å². The number of halogens is 2. The number of rotatable bonds is 6. The topological polar surface area (TPSA) is 3.24 Å². The van der Waals surface area contributed by atoms with Crippen LogP contribution in [0, 0.1) is 11.8 Å². The van der Waals surface area contributed by atoms with Gasteiger partial charge in [-0.1, -0.05) is 49.7 Å². The Morgan fingerprint density at radius 1 is 1.06 bits per heavy atom. The van der Waals surface area contributed by atoms with E-state index in [-0.39, 0.29) is 0 Å². The summed E-state index contributed by atoms with van der Waals surface area (Å²) in [6, 6.07) is 6.63. The van der Waals surface area contributed by atoms with Gasteiger partial charge in [0.2, 0.25) is 0 Å². The summed E-state index contributed by atoms with van der Waals surface area (Å²) in [6.45, 7) is 11.3. The van der Waals surface area contributed by atoms with Gasteiger partial charge in [-0.05, 0) is 45.5 Å². The highest BCUT2D eigenvalue weighted by Gasteiger charge is 2.13. The van der Waals surface area contributed by atoms with E-state index in [1.165, 1.54) is 15.7 Å². The molecule has 1 rings (SSSR count). The van der Waals surface area contributed by atoms with Gasteiger partial charge in [0, 0.05) is 22.9 Å². The van der Waals surface area contributed by atoms with Crippen molar-refractivity contribution in [2.75, 3.05) is 18.0 Å². The van der Waals surface area contributed by atoms with E-state index >= 15 is 0 Å². The van der Waals surface area contributed by atoms with Crippen LogP contribution in [-0.2, 0) is 5.33 Å². The molecule has 3 heteroatoms. The Bertz CT molecular complexity index is 365. The molecule has 0 aliphatic carbocycles. The van der Waals surface area contributed by atoms with Gasteiger partial charge in [0.25, 0.3) is 0 Å². The molecule has 18 heavy (non-hydrogen) atoms. The SMILES string of the molecule is CC(C)CN(CC(C)C)c1ccc(CBr)cc1Br. The second-order valence-corrected chi connectivity index (χ2v) is 7.03. The molecule has 0 saturated carbocycles. The first kappa shape index (κ1) is 16.0. The summed E-state index contributed by atoms with van der Waals surface area (Å²) < 4.78 is 1.20. The highest BCUT2D eigenvalue weighted by atomic mass is 79.9. The van der Waals surface area contributed by atoms with Crippen molar-refractivity contribution in [3.8, 4) is 0 Å². The highest BCUT2D eigenvalue weighted by Crippen LogP contribution is 2.29. The molecule has 0 amide bonds. The molecule has 0 unspecified atom stereocenters. The lowest BCUT2D eigenvalue weighted by Crippen LogP contribution is -2.31. The molecule has 1 aromatic carbocycles. The molecule has 0 aliphatic rings. The van der Waals surface area contributed by atoms with Gasteiger partial charge in [-0.25, -0.2) is 0 Å². The normalized spacial score (nSPS) is 11.3. The molecule has 0 aliphatic heterocycles. The van der Waals surface area contributed by atoms with Crippen LogP contribution < -0.4 is 4.90 Å². The van der Waals surface area contributed by atoms with Gasteiger partial charge in [-0.3, -0.25) is 0 Å². The van der Waals surface area contributed by atoms with Crippen LogP contribution in [0.5, 0.6) is 0 Å². The Kier molecular flexibility index (Phi) is 6.72. The van der Waals surface area contributed by atoms with E-state index in [2.05, 4.69) is 82.7 Å². The van der Waals surface area contributed by atoms with Crippen LogP contribution in [0.3, 0.4) is 0 Å². The lowest BCUT2D eigenvalue weighted by atomic mass is 10.1. The Hall–Kier alpha value is -0.0200. The number of alkyl halides is 1. The van der Waals surface area contributed by atoms with Crippen molar-refractivity contribution in [3.05, 3.63) is 28.2 Å². The third-order valence-electron chi connectivity index (χ3n) is 2.68. The fourth-order valence-electron chi connectivity index (χ4n) is 2.04. The average Bonchev–Trinajstić information content (AvgIpc) is 2.26. The van der Waals surface area contributed by atoms with E-state index in [4.69, 9.17) is 0 Å². The van der Waals surface area contributed by atoms with E-state index in [1.54, 1.807) is 0 Å². The van der Waals surface area contributed by atoms with Crippen molar-refractivity contribution >= 4 is 37.5 Å². The first-order chi connectivity index (χ1) is 8.43. The molecule has 0 bridgehead atoms. The van der Waals surface area contributed by atoms with E-state index in [1.807, 2.05) is 0 Å². The molecule has 1 nitrogen and oxygen atoms in total. The van der Waals surface area contributed by atoms with E-state index in [0.717, 1.165) is 18.4 Å². The van der Waals surface area contributed by atoms with Gasteiger partial charge < -0.3 is 4.90 Å². The van der Waals surface area contributed by atoms with Crippen LogP contribution in [0.1, 0.15) is 33.3 Å². The molecule has 0 saturated heterocycles. The van der Waals surface area contributed by atoms with Crippen molar-refractivity contribution in [1.29, 1.82) is 0 Å². The maximum atomic E-state index is 3.71.